The molecular formula is C27H35N5O2. The average molecular weight is 462 g/mol. The molecular weight excluding hydrogens is 426 g/mol. The number of allylic oxidation sites excluding steroid dienone is 2. The van der Waals surface area contributed by atoms with Crippen LogP contribution in [0.1, 0.15) is 45.1 Å². The first-order valence-electron chi connectivity index (χ1n) is 11.8. The molecule has 7 nitrogen and oxygen atoms in total. The van der Waals surface area contributed by atoms with Crippen LogP contribution in [0, 0.1) is 0 Å². The van der Waals surface area contributed by atoms with E-state index in [-0.39, 0.29) is 22.7 Å². The number of fused-ring (bicyclic) bond motifs is 2. The van der Waals surface area contributed by atoms with Crippen LogP contribution < -0.4 is 10.2 Å². The van der Waals surface area contributed by atoms with Gasteiger partial charge in [0.1, 0.15) is 5.75 Å². The van der Waals surface area contributed by atoms with Gasteiger partial charge in [-0.1, -0.05) is 18.7 Å². The number of nitrogens with zero attached hydrogens (tertiary/aromatic N) is 4. The van der Waals surface area contributed by atoms with E-state index in [1.54, 1.807) is 32.3 Å². The molecule has 1 unspecified atom stereocenters. The molecule has 34 heavy (non-hydrogen) atoms. The summed E-state index contributed by atoms with van der Waals surface area (Å²) in [6, 6.07) is 9.53. The summed E-state index contributed by atoms with van der Waals surface area (Å²) in [6.07, 6.45) is 7.69. The molecule has 2 bridgehead atoms. The molecule has 0 spiro atoms. The van der Waals surface area contributed by atoms with Gasteiger partial charge in [0.05, 0.1) is 5.69 Å². The monoisotopic (exact) mass is 461 g/mol. The summed E-state index contributed by atoms with van der Waals surface area (Å²) in [5.41, 5.74) is 2.90. The van der Waals surface area contributed by atoms with Crippen LogP contribution in [0.25, 0.3) is 16.8 Å². The number of likely N-dealkylation sites (N-methyl/N-ethyl adjacent to an activating group) is 1. The molecule has 2 aliphatic heterocycles. The number of benzene rings is 1. The molecule has 2 N–H and O–H groups in total. The Labute approximate surface area is 202 Å². The molecule has 7 heteroatoms. The normalized spacial score (nSPS) is 26.3. The summed E-state index contributed by atoms with van der Waals surface area (Å²) in [7, 11) is 5.47. The van der Waals surface area contributed by atoms with Crippen LogP contribution in [0.3, 0.4) is 0 Å². The largest absolute Gasteiger partial charge is 0.507 e. The molecule has 3 atom stereocenters. The maximum atomic E-state index is 12.0. The van der Waals surface area contributed by atoms with Gasteiger partial charge in [-0.3, -0.25) is 4.79 Å². The molecule has 1 aromatic carbocycles. The maximum Gasteiger partial charge on any atom is 0.246 e. The van der Waals surface area contributed by atoms with Gasteiger partial charge in [0.25, 0.3) is 0 Å². The molecule has 1 aromatic heterocycles. The van der Waals surface area contributed by atoms with Crippen molar-refractivity contribution >= 4 is 17.3 Å². The number of anilines is 1. The first kappa shape index (κ1) is 24.0. The van der Waals surface area contributed by atoms with Crippen molar-refractivity contribution in [1.29, 1.82) is 0 Å². The first-order chi connectivity index (χ1) is 16.0. The number of phenolic OH excluding ortho intramolecular Hbond substituents is 1. The van der Waals surface area contributed by atoms with Crippen molar-refractivity contribution in [2.75, 3.05) is 26.0 Å². The van der Waals surface area contributed by atoms with Crippen LogP contribution in [0.5, 0.6) is 5.75 Å². The fourth-order valence-electron chi connectivity index (χ4n) is 5.39. The van der Waals surface area contributed by atoms with Crippen LogP contribution in [-0.4, -0.2) is 64.4 Å². The molecule has 180 valence electrons. The standard InChI is InChI=1S/C27H35N5O2/c1-7-18(15-25(34)31(4)5)19-8-9-21(23(33)14-19)22-10-11-24(29-28-22)32(6)20-16-26(2)12-13-27(3,17-20)30-26/h7-11,14-15,20,30,33H,1,12-13,16-17H2,2-6H3/b18-15+/t20?,26-,27+. The highest BCUT2D eigenvalue weighted by molar-refractivity contribution is 5.97. The smallest absolute Gasteiger partial charge is 0.246 e. The molecule has 0 radical (unpaired) electrons. The van der Waals surface area contributed by atoms with Crippen molar-refractivity contribution in [3.05, 3.63) is 54.6 Å². The molecule has 2 aliphatic rings. The number of carbonyl (C=O) groups excluding carboxylic acids is 1. The summed E-state index contributed by atoms with van der Waals surface area (Å²) in [5.74, 6) is 0.764. The fraction of sp³-hybridized carbons (Fsp3) is 0.444. The van der Waals surface area contributed by atoms with E-state index < -0.39 is 0 Å². The number of rotatable bonds is 6. The van der Waals surface area contributed by atoms with Crippen LogP contribution >= 0.6 is 0 Å². The van der Waals surface area contributed by atoms with Crippen LogP contribution in [-0.2, 0) is 4.79 Å². The molecule has 0 saturated carbocycles. The van der Waals surface area contributed by atoms with E-state index in [1.165, 1.54) is 23.8 Å². The van der Waals surface area contributed by atoms with Crippen molar-refractivity contribution in [3.8, 4) is 17.0 Å². The zero-order chi connectivity index (χ0) is 24.7. The van der Waals surface area contributed by atoms with Crippen LogP contribution in [0.2, 0.25) is 0 Å². The molecule has 1 amide bonds. The Kier molecular flexibility index (Phi) is 6.25. The lowest BCUT2D eigenvalue weighted by Gasteiger charge is -2.45. The minimum atomic E-state index is -0.145. The summed E-state index contributed by atoms with van der Waals surface area (Å²) in [6.45, 7) is 8.44. The first-order valence-corrected chi connectivity index (χ1v) is 11.8. The highest BCUT2D eigenvalue weighted by atomic mass is 16.3. The molecule has 0 aliphatic carbocycles. The van der Waals surface area contributed by atoms with Gasteiger partial charge in [0.15, 0.2) is 5.82 Å². The number of aromatic hydroxyl groups is 1. The lowest BCUT2D eigenvalue weighted by atomic mass is 9.84. The quantitative estimate of drug-likeness (QED) is 0.500. The van der Waals surface area contributed by atoms with Crippen molar-refractivity contribution < 1.29 is 9.90 Å². The van der Waals surface area contributed by atoms with Gasteiger partial charge in [-0.15, -0.1) is 10.2 Å². The van der Waals surface area contributed by atoms with E-state index in [2.05, 4.69) is 47.9 Å². The minimum absolute atomic E-state index is 0.0775. The van der Waals surface area contributed by atoms with E-state index in [1.807, 2.05) is 18.2 Å². The van der Waals surface area contributed by atoms with E-state index >= 15 is 0 Å². The van der Waals surface area contributed by atoms with Gasteiger partial charge in [-0.2, -0.15) is 0 Å². The number of hydrogen-bond acceptors (Lipinski definition) is 6. The molecule has 2 fully saturated rings. The highest BCUT2D eigenvalue weighted by Gasteiger charge is 2.49. The summed E-state index contributed by atoms with van der Waals surface area (Å²) in [5, 5.41) is 23.4. The zero-order valence-corrected chi connectivity index (χ0v) is 20.8. The van der Waals surface area contributed by atoms with Crippen LogP contribution in [0.4, 0.5) is 5.82 Å². The number of nitrogens with one attached hydrogen (secondary N) is 1. The van der Waals surface area contributed by atoms with Gasteiger partial charge < -0.3 is 20.2 Å². The summed E-state index contributed by atoms with van der Waals surface area (Å²) >= 11 is 0. The zero-order valence-electron chi connectivity index (χ0n) is 20.8. The Morgan fingerprint density at radius 1 is 1.12 bits per heavy atom. The van der Waals surface area contributed by atoms with Gasteiger partial charge in [0, 0.05) is 49.9 Å². The van der Waals surface area contributed by atoms with E-state index in [0.29, 0.717) is 28.4 Å². The molecule has 2 aromatic rings. The van der Waals surface area contributed by atoms with Gasteiger partial charge in [-0.05, 0) is 74.9 Å². The fourth-order valence-corrected chi connectivity index (χ4v) is 5.39. The summed E-state index contributed by atoms with van der Waals surface area (Å²) in [4.78, 5) is 15.8. The molecule has 3 heterocycles. The Hall–Kier alpha value is -3.19. The van der Waals surface area contributed by atoms with Crippen LogP contribution in [0.15, 0.2) is 49.1 Å². The van der Waals surface area contributed by atoms with Gasteiger partial charge in [-0.25, -0.2) is 0 Å². The minimum Gasteiger partial charge on any atom is -0.507 e. The maximum absolute atomic E-state index is 12.0. The molecule has 2 saturated heterocycles. The number of amides is 1. The number of aromatic nitrogens is 2. The third kappa shape index (κ3) is 4.71. The van der Waals surface area contributed by atoms with E-state index in [9.17, 15) is 9.90 Å². The Morgan fingerprint density at radius 3 is 2.32 bits per heavy atom. The second kappa shape index (κ2) is 8.87. The summed E-state index contributed by atoms with van der Waals surface area (Å²) < 4.78 is 0. The van der Waals surface area contributed by atoms with Crippen molar-refractivity contribution in [1.82, 2.24) is 20.4 Å². The van der Waals surface area contributed by atoms with E-state index in [0.717, 1.165) is 18.7 Å². The Bertz CT molecular complexity index is 1110. The predicted molar refractivity (Wildman–Crippen MR) is 137 cm³/mol. The lowest BCUT2D eigenvalue weighted by molar-refractivity contribution is -0.123. The van der Waals surface area contributed by atoms with E-state index in [4.69, 9.17) is 0 Å². The predicted octanol–water partition coefficient (Wildman–Crippen LogP) is 4.01. The topological polar surface area (TPSA) is 81.6 Å². The Morgan fingerprint density at radius 2 is 1.79 bits per heavy atom. The highest BCUT2D eigenvalue weighted by Crippen LogP contribution is 2.43. The molecule has 4 rings (SSSR count). The number of phenols is 1. The van der Waals surface area contributed by atoms with Crippen molar-refractivity contribution in [2.24, 2.45) is 0 Å². The lowest BCUT2D eigenvalue weighted by Crippen LogP contribution is -2.58. The number of carbonyl (C=O) groups is 1. The number of hydrogen-bond donors (Lipinski definition) is 2. The second-order valence-corrected chi connectivity index (χ2v) is 10.5. The third-order valence-electron chi connectivity index (χ3n) is 7.31. The third-order valence-corrected chi connectivity index (χ3v) is 7.31. The van der Waals surface area contributed by atoms with Gasteiger partial charge >= 0.3 is 0 Å². The van der Waals surface area contributed by atoms with Crippen molar-refractivity contribution in [2.45, 2.75) is 56.7 Å². The Balaban J connectivity index is 1.53. The SMILES string of the molecule is C=C/C(=C\C(=O)N(C)C)c1ccc(-c2ccc(N(C)C3C[C@]4(C)CC[C@](C)(C3)N4)nn2)c(O)c1. The van der Waals surface area contributed by atoms with Crippen molar-refractivity contribution in [3.63, 3.8) is 0 Å². The average Bonchev–Trinajstić information content (AvgIpc) is 3.03. The number of piperidine rings is 1. The second-order valence-electron chi connectivity index (χ2n) is 10.5. The van der Waals surface area contributed by atoms with Gasteiger partial charge in [0.2, 0.25) is 5.91 Å².